The van der Waals surface area contributed by atoms with Gasteiger partial charge in [0.2, 0.25) is 0 Å². The molecule has 0 aliphatic rings. The topological polar surface area (TPSA) is 85.6 Å². The van der Waals surface area contributed by atoms with Crippen molar-refractivity contribution >= 4 is 29.0 Å². The van der Waals surface area contributed by atoms with Gasteiger partial charge in [0.1, 0.15) is 16.5 Å². The molecular weight excluding hydrogens is 495 g/mol. The Morgan fingerprint density at radius 3 is 2.67 bits per heavy atom. The summed E-state index contributed by atoms with van der Waals surface area (Å²) in [4.78, 5) is 21.1. The highest BCUT2D eigenvalue weighted by atomic mass is 32.2. The van der Waals surface area contributed by atoms with Gasteiger partial charge in [0.15, 0.2) is 11.0 Å². The number of pyridine rings is 1. The molecule has 180 valence electrons. The van der Waals surface area contributed by atoms with Crippen LogP contribution in [0, 0.1) is 5.82 Å². The predicted molar refractivity (Wildman–Crippen MR) is 139 cm³/mol. The third kappa shape index (κ3) is 5.50. The molecule has 36 heavy (non-hydrogen) atoms. The Labute approximate surface area is 215 Å². The molecule has 1 amide bonds. The van der Waals surface area contributed by atoms with E-state index in [-0.39, 0.29) is 11.7 Å². The van der Waals surface area contributed by atoms with E-state index in [1.807, 2.05) is 36.4 Å². The first-order valence-electron chi connectivity index (χ1n) is 11.2. The van der Waals surface area contributed by atoms with Crippen molar-refractivity contribution in [3.05, 3.63) is 107 Å². The second kappa shape index (κ2) is 11.2. The van der Waals surface area contributed by atoms with Crippen molar-refractivity contribution in [1.29, 1.82) is 0 Å². The number of hydrogen-bond acceptors (Lipinski definition) is 7. The first kappa shape index (κ1) is 23.8. The van der Waals surface area contributed by atoms with Crippen LogP contribution in [0.4, 0.5) is 4.39 Å². The average molecular weight is 517 g/mol. The molecule has 3 aromatic heterocycles. The minimum absolute atomic E-state index is 0.202. The van der Waals surface area contributed by atoms with Crippen molar-refractivity contribution in [2.24, 2.45) is 0 Å². The number of halogens is 1. The minimum Gasteiger partial charge on any atom is -0.350 e. The van der Waals surface area contributed by atoms with Crippen LogP contribution in [0.15, 0.2) is 89.7 Å². The van der Waals surface area contributed by atoms with Gasteiger partial charge >= 0.3 is 0 Å². The molecule has 2 aromatic carbocycles. The fourth-order valence-electron chi connectivity index (χ4n) is 3.56. The first-order valence-corrected chi connectivity index (χ1v) is 13.1. The number of para-hydroxylation sites is 1. The van der Waals surface area contributed by atoms with Crippen LogP contribution in [0.3, 0.4) is 0 Å². The van der Waals surface area contributed by atoms with Crippen molar-refractivity contribution in [2.45, 2.75) is 17.3 Å². The Balaban J connectivity index is 1.29. The number of nitrogens with zero attached hydrogens (tertiary/aromatic N) is 5. The van der Waals surface area contributed by atoms with Gasteiger partial charge in [-0.3, -0.25) is 14.3 Å². The van der Waals surface area contributed by atoms with Crippen LogP contribution in [0.1, 0.15) is 21.1 Å². The monoisotopic (exact) mass is 516 g/mol. The number of rotatable bonds is 9. The van der Waals surface area contributed by atoms with E-state index in [1.54, 1.807) is 46.6 Å². The standard InChI is InChI=1S/C26H21FN6OS2/c27-20-10-4-5-11-22(20)33-24(19-9-6-13-28-15-19)31-32-26(33)36-17-23-30-21(16-35-23)25(34)29-14-12-18-7-2-1-3-8-18/h1-11,13,15-16H,12,14,17H2,(H,29,34). The van der Waals surface area contributed by atoms with Crippen LogP contribution in [0.5, 0.6) is 0 Å². The van der Waals surface area contributed by atoms with Gasteiger partial charge in [0.05, 0.1) is 11.4 Å². The highest BCUT2D eigenvalue weighted by molar-refractivity contribution is 7.98. The van der Waals surface area contributed by atoms with Crippen molar-refractivity contribution < 1.29 is 9.18 Å². The zero-order valence-electron chi connectivity index (χ0n) is 19.0. The molecule has 0 fully saturated rings. The summed E-state index contributed by atoms with van der Waals surface area (Å²) >= 11 is 2.78. The summed E-state index contributed by atoms with van der Waals surface area (Å²) in [6.45, 7) is 0.535. The Hall–Kier alpha value is -3.89. The van der Waals surface area contributed by atoms with E-state index in [0.29, 0.717) is 34.7 Å². The predicted octanol–water partition coefficient (Wildman–Crippen LogP) is 5.19. The number of benzene rings is 2. The second-order valence-corrected chi connectivity index (χ2v) is 9.63. The first-order chi connectivity index (χ1) is 17.7. The molecule has 5 aromatic rings. The molecule has 0 atom stereocenters. The third-order valence-corrected chi connectivity index (χ3v) is 7.27. The maximum Gasteiger partial charge on any atom is 0.270 e. The summed E-state index contributed by atoms with van der Waals surface area (Å²) in [5, 5.41) is 14.6. The van der Waals surface area contributed by atoms with Gasteiger partial charge in [-0.2, -0.15) is 0 Å². The molecule has 0 saturated carbocycles. The summed E-state index contributed by atoms with van der Waals surface area (Å²) in [6, 6.07) is 20.1. The van der Waals surface area contributed by atoms with E-state index in [0.717, 1.165) is 22.6 Å². The smallest absolute Gasteiger partial charge is 0.270 e. The number of nitrogens with one attached hydrogen (secondary N) is 1. The van der Waals surface area contributed by atoms with E-state index in [2.05, 4.69) is 25.5 Å². The molecular formula is C26H21FN6OS2. The number of hydrogen-bond donors (Lipinski definition) is 1. The lowest BCUT2D eigenvalue weighted by molar-refractivity contribution is 0.0949. The molecule has 3 heterocycles. The van der Waals surface area contributed by atoms with E-state index < -0.39 is 0 Å². The molecule has 0 aliphatic carbocycles. The van der Waals surface area contributed by atoms with Gasteiger partial charge in [0.25, 0.3) is 5.91 Å². The lowest BCUT2D eigenvalue weighted by Crippen LogP contribution is -2.26. The lowest BCUT2D eigenvalue weighted by Gasteiger charge is -2.10. The Kier molecular flexibility index (Phi) is 7.44. The van der Waals surface area contributed by atoms with Gasteiger partial charge in [-0.25, -0.2) is 9.37 Å². The molecule has 0 radical (unpaired) electrons. The molecule has 0 saturated heterocycles. The highest BCUT2D eigenvalue weighted by Crippen LogP contribution is 2.31. The molecule has 0 spiro atoms. The quantitative estimate of drug-likeness (QED) is 0.272. The molecule has 0 bridgehead atoms. The van der Waals surface area contributed by atoms with Crippen LogP contribution in [0.2, 0.25) is 0 Å². The minimum atomic E-state index is -0.381. The Bertz CT molecular complexity index is 1460. The van der Waals surface area contributed by atoms with Crippen LogP contribution in [-0.4, -0.2) is 37.2 Å². The van der Waals surface area contributed by atoms with E-state index >= 15 is 0 Å². The fourth-order valence-corrected chi connectivity index (χ4v) is 5.30. The van der Waals surface area contributed by atoms with Crippen molar-refractivity contribution in [3.63, 3.8) is 0 Å². The maximum absolute atomic E-state index is 14.7. The average Bonchev–Trinajstić information content (AvgIpc) is 3.56. The van der Waals surface area contributed by atoms with E-state index in [9.17, 15) is 9.18 Å². The van der Waals surface area contributed by atoms with Crippen LogP contribution < -0.4 is 5.32 Å². The number of carbonyl (C=O) groups is 1. The summed E-state index contributed by atoms with van der Waals surface area (Å²) in [6.07, 6.45) is 4.09. The van der Waals surface area contributed by atoms with Crippen LogP contribution >= 0.6 is 23.1 Å². The Morgan fingerprint density at radius 1 is 1.03 bits per heavy atom. The zero-order chi connectivity index (χ0) is 24.7. The SMILES string of the molecule is O=C(NCCc1ccccc1)c1csc(CSc2nnc(-c3cccnc3)n2-c2ccccc2F)n1. The molecule has 5 rings (SSSR count). The van der Waals surface area contributed by atoms with Gasteiger partial charge < -0.3 is 5.32 Å². The molecule has 0 unspecified atom stereocenters. The van der Waals surface area contributed by atoms with Gasteiger partial charge in [-0.05, 0) is 36.2 Å². The van der Waals surface area contributed by atoms with Gasteiger partial charge in [-0.1, -0.05) is 54.2 Å². The summed E-state index contributed by atoms with van der Waals surface area (Å²) in [5.74, 6) is 0.370. The zero-order valence-corrected chi connectivity index (χ0v) is 20.7. The van der Waals surface area contributed by atoms with Crippen LogP contribution in [0.25, 0.3) is 17.1 Å². The van der Waals surface area contributed by atoms with Crippen molar-refractivity contribution in [2.75, 3.05) is 6.54 Å². The maximum atomic E-state index is 14.7. The number of amides is 1. The number of aromatic nitrogens is 5. The van der Waals surface area contributed by atoms with E-state index in [1.165, 1.54) is 29.2 Å². The van der Waals surface area contributed by atoms with E-state index in [4.69, 9.17) is 0 Å². The van der Waals surface area contributed by atoms with Crippen molar-refractivity contribution in [3.8, 4) is 17.1 Å². The number of thiazole rings is 1. The third-order valence-electron chi connectivity index (χ3n) is 5.30. The lowest BCUT2D eigenvalue weighted by atomic mass is 10.1. The molecule has 7 nitrogen and oxygen atoms in total. The fraction of sp³-hybridized carbons (Fsp3) is 0.115. The van der Waals surface area contributed by atoms with Gasteiger partial charge in [-0.15, -0.1) is 21.5 Å². The molecule has 0 aliphatic heterocycles. The molecule has 10 heteroatoms. The number of carbonyl (C=O) groups excluding carboxylic acids is 1. The normalized spacial score (nSPS) is 10.9. The summed E-state index contributed by atoms with van der Waals surface area (Å²) < 4.78 is 16.4. The molecule has 1 N–H and O–H groups in total. The second-order valence-electron chi connectivity index (χ2n) is 7.74. The summed E-state index contributed by atoms with van der Waals surface area (Å²) in [5.41, 5.74) is 2.62. The van der Waals surface area contributed by atoms with Gasteiger partial charge in [0, 0.05) is 29.9 Å². The van der Waals surface area contributed by atoms with Crippen molar-refractivity contribution in [1.82, 2.24) is 30.0 Å². The largest absolute Gasteiger partial charge is 0.350 e. The summed E-state index contributed by atoms with van der Waals surface area (Å²) in [7, 11) is 0. The number of thioether (sulfide) groups is 1. The Morgan fingerprint density at radius 2 is 1.86 bits per heavy atom. The highest BCUT2D eigenvalue weighted by Gasteiger charge is 2.19. The van der Waals surface area contributed by atoms with Crippen LogP contribution in [-0.2, 0) is 12.2 Å².